The number of carbonyl (C=O) groups excluding carboxylic acids is 1. The molecule has 6 nitrogen and oxygen atoms in total. The Morgan fingerprint density at radius 1 is 1.24 bits per heavy atom. The Bertz CT molecular complexity index is 397. The van der Waals surface area contributed by atoms with Crippen LogP contribution < -0.4 is 0 Å². The molecule has 0 radical (unpaired) electrons. The summed E-state index contributed by atoms with van der Waals surface area (Å²) in [6, 6.07) is -0.810. The molecule has 2 amide bonds. The van der Waals surface area contributed by atoms with Crippen molar-refractivity contribution in [3.63, 3.8) is 0 Å². The van der Waals surface area contributed by atoms with Crippen molar-refractivity contribution < 1.29 is 14.7 Å². The van der Waals surface area contributed by atoms with Gasteiger partial charge in [0.15, 0.2) is 0 Å². The van der Waals surface area contributed by atoms with E-state index in [0.717, 1.165) is 19.6 Å². The highest BCUT2D eigenvalue weighted by atomic mass is 32.2. The van der Waals surface area contributed by atoms with Crippen LogP contribution in [0.5, 0.6) is 0 Å². The van der Waals surface area contributed by atoms with E-state index in [1.807, 2.05) is 6.92 Å². The Labute approximate surface area is 130 Å². The van der Waals surface area contributed by atoms with Crippen LogP contribution in [0.15, 0.2) is 0 Å². The van der Waals surface area contributed by atoms with Gasteiger partial charge in [0.1, 0.15) is 6.04 Å². The molecular formula is C14H25N3O3S. The first-order valence-corrected chi connectivity index (χ1v) is 8.59. The molecule has 0 bridgehead atoms. The van der Waals surface area contributed by atoms with Gasteiger partial charge in [0, 0.05) is 38.5 Å². The van der Waals surface area contributed by atoms with Gasteiger partial charge in [-0.3, -0.25) is 9.80 Å². The summed E-state index contributed by atoms with van der Waals surface area (Å²) in [5, 5.41) is 9.19. The second-order valence-electron chi connectivity index (χ2n) is 6.16. The van der Waals surface area contributed by atoms with Gasteiger partial charge in [0.05, 0.1) is 5.37 Å². The minimum atomic E-state index is -0.904. The molecule has 1 N–H and O–H groups in total. The van der Waals surface area contributed by atoms with Gasteiger partial charge in [0.2, 0.25) is 0 Å². The molecule has 120 valence electrons. The largest absolute Gasteiger partial charge is 0.480 e. The Hall–Kier alpha value is -0.950. The van der Waals surface area contributed by atoms with Crippen molar-refractivity contribution in [2.75, 3.05) is 38.5 Å². The number of piperazine rings is 1. The quantitative estimate of drug-likeness (QED) is 0.848. The third kappa shape index (κ3) is 3.83. The molecule has 0 saturated carbocycles. The number of carboxylic acid groups (broad SMARTS) is 1. The van der Waals surface area contributed by atoms with Gasteiger partial charge in [-0.05, 0) is 12.8 Å². The molecule has 0 aromatic carbocycles. The zero-order valence-electron chi connectivity index (χ0n) is 13.0. The van der Waals surface area contributed by atoms with Crippen molar-refractivity contribution in [2.45, 2.75) is 32.2 Å². The fourth-order valence-electron chi connectivity index (χ4n) is 2.92. The maximum Gasteiger partial charge on any atom is 0.327 e. The van der Waals surface area contributed by atoms with E-state index in [2.05, 4.69) is 18.7 Å². The highest BCUT2D eigenvalue weighted by Crippen LogP contribution is 2.30. The first-order chi connectivity index (χ1) is 9.90. The van der Waals surface area contributed by atoms with Crippen LogP contribution in [0.1, 0.15) is 20.8 Å². The number of carbonyl (C=O) groups is 2. The number of hydrogen-bond acceptors (Lipinski definition) is 4. The third-order valence-electron chi connectivity index (χ3n) is 3.99. The van der Waals surface area contributed by atoms with E-state index in [1.165, 1.54) is 16.7 Å². The summed E-state index contributed by atoms with van der Waals surface area (Å²) in [7, 11) is 0. The lowest BCUT2D eigenvalue weighted by Crippen LogP contribution is -2.56. The fourth-order valence-corrected chi connectivity index (χ4v) is 4.09. The molecule has 0 aromatic heterocycles. The molecule has 0 aliphatic carbocycles. The van der Waals surface area contributed by atoms with Gasteiger partial charge in [-0.15, -0.1) is 11.8 Å². The number of carboxylic acids is 1. The lowest BCUT2D eigenvalue weighted by atomic mass is 10.2. The molecule has 2 heterocycles. The smallest absolute Gasteiger partial charge is 0.327 e. The van der Waals surface area contributed by atoms with Crippen LogP contribution in [-0.4, -0.2) is 81.7 Å². The number of hydrogen-bond donors (Lipinski definition) is 1. The van der Waals surface area contributed by atoms with Gasteiger partial charge in [0.25, 0.3) is 0 Å². The first-order valence-electron chi connectivity index (χ1n) is 7.54. The number of amides is 2. The van der Waals surface area contributed by atoms with Crippen LogP contribution in [0, 0.1) is 5.92 Å². The average Bonchev–Trinajstić information content (AvgIpc) is 2.80. The van der Waals surface area contributed by atoms with E-state index >= 15 is 0 Å². The van der Waals surface area contributed by atoms with Crippen LogP contribution in [0.2, 0.25) is 0 Å². The Balaban J connectivity index is 1.93. The Morgan fingerprint density at radius 2 is 1.86 bits per heavy atom. The van der Waals surface area contributed by atoms with Gasteiger partial charge < -0.3 is 10.0 Å². The molecule has 7 heteroatoms. The van der Waals surface area contributed by atoms with E-state index in [9.17, 15) is 14.7 Å². The molecule has 2 fully saturated rings. The summed E-state index contributed by atoms with van der Waals surface area (Å²) in [4.78, 5) is 29.6. The summed E-state index contributed by atoms with van der Waals surface area (Å²) < 4.78 is 0. The molecule has 2 unspecified atom stereocenters. The number of urea groups is 1. The third-order valence-corrected chi connectivity index (χ3v) is 5.21. The maximum atomic E-state index is 12.6. The average molecular weight is 315 g/mol. The molecule has 2 saturated heterocycles. The topological polar surface area (TPSA) is 64.1 Å². The van der Waals surface area contributed by atoms with Gasteiger partial charge in [-0.1, -0.05) is 13.8 Å². The highest BCUT2D eigenvalue weighted by Gasteiger charge is 2.41. The predicted molar refractivity (Wildman–Crippen MR) is 83.4 cm³/mol. The van der Waals surface area contributed by atoms with E-state index in [-0.39, 0.29) is 11.4 Å². The summed E-state index contributed by atoms with van der Waals surface area (Å²) in [5.41, 5.74) is 0. The molecule has 0 aromatic rings. The van der Waals surface area contributed by atoms with Gasteiger partial charge in [-0.25, -0.2) is 9.59 Å². The van der Waals surface area contributed by atoms with Crippen molar-refractivity contribution in [3.05, 3.63) is 0 Å². The fraction of sp³-hybridized carbons (Fsp3) is 0.857. The Morgan fingerprint density at radius 3 is 2.38 bits per heavy atom. The number of aliphatic carboxylic acids is 1. The standard InChI is InChI=1S/C14H25N3O3S/c1-10(2)8-15-4-6-16(7-5-15)14(20)17-11(3)21-9-12(17)13(18)19/h10-12H,4-9H2,1-3H3,(H,18,19). The van der Waals surface area contributed by atoms with Crippen molar-refractivity contribution in [1.82, 2.24) is 14.7 Å². The summed E-state index contributed by atoms with van der Waals surface area (Å²) in [5.74, 6) is 0.201. The van der Waals surface area contributed by atoms with E-state index in [1.54, 1.807) is 4.90 Å². The second-order valence-corrected chi connectivity index (χ2v) is 7.51. The Kier molecular flexibility index (Phi) is 5.37. The van der Waals surface area contributed by atoms with Gasteiger partial charge in [-0.2, -0.15) is 0 Å². The number of nitrogens with zero attached hydrogens (tertiary/aromatic N) is 3. The van der Waals surface area contributed by atoms with Crippen LogP contribution in [0.3, 0.4) is 0 Å². The molecule has 2 aliphatic rings. The van der Waals surface area contributed by atoms with Gasteiger partial charge >= 0.3 is 12.0 Å². The van der Waals surface area contributed by atoms with Crippen molar-refractivity contribution in [1.29, 1.82) is 0 Å². The normalized spacial score (nSPS) is 27.4. The van der Waals surface area contributed by atoms with Crippen molar-refractivity contribution >= 4 is 23.8 Å². The molecule has 21 heavy (non-hydrogen) atoms. The molecule has 2 rings (SSSR count). The molecule has 2 atom stereocenters. The van der Waals surface area contributed by atoms with E-state index in [0.29, 0.717) is 24.8 Å². The monoisotopic (exact) mass is 315 g/mol. The molecule has 2 aliphatic heterocycles. The summed E-state index contributed by atoms with van der Waals surface area (Å²) >= 11 is 1.53. The number of thioether (sulfide) groups is 1. The molecular weight excluding hydrogens is 290 g/mol. The lowest BCUT2D eigenvalue weighted by Gasteiger charge is -2.38. The zero-order valence-corrected chi connectivity index (χ0v) is 13.8. The van der Waals surface area contributed by atoms with Crippen LogP contribution in [0.25, 0.3) is 0 Å². The first kappa shape index (κ1) is 16.4. The van der Waals surface area contributed by atoms with E-state index < -0.39 is 12.0 Å². The summed E-state index contributed by atoms with van der Waals surface area (Å²) in [6.45, 7) is 10.5. The zero-order chi connectivity index (χ0) is 15.6. The lowest BCUT2D eigenvalue weighted by molar-refractivity contribution is -0.141. The van der Waals surface area contributed by atoms with Crippen molar-refractivity contribution in [2.24, 2.45) is 5.92 Å². The van der Waals surface area contributed by atoms with Crippen LogP contribution >= 0.6 is 11.8 Å². The highest BCUT2D eigenvalue weighted by molar-refractivity contribution is 8.00. The second kappa shape index (κ2) is 6.87. The molecule has 0 spiro atoms. The SMILES string of the molecule is CC(C)CN1CCN(C(=O)N2C(C)SCC2C(=O)O)CC1. The number of rotatable bonds is 3. The van der Waals surface area contributed by atoms with Crippen molar-refractivity contribution in [3.8, 4) is 0 Å². The minimum absolute atomic E-state index is 0.0627. The minimum Gasteiger partial charge on any atom is -0.480 e. The van der Waals surface area contributed by atoms with E-state index in [4.69, 9.17) is 0 Å². The summed E-state index contributed by atoms with van der Waals surface area (Å²) in [6.07, 6.45) is 0. The van der Waals surface area contributed by atoms with Crippen LogP contribution in [-0.2, 0) is 4.79 Å². The van der Waals surface area contributed by atoms with Crippen LogP contribution in [0.4, 0.5) is 4.79 Å². The maximum absolute atomic E-state index is 12.6. The predicted octanol–water partition coefficient (Wildman–Crippen LogP) is 1.23.